The van der Waals surface area contributed by atoms with Crippen LogP contribution in [0, 0.1) is 6.92 Å². The second kappa shape index (κ2) is 6.34. The highest BCUT2D eigenvalue weighted by Crippen LogP contribution is 2.42. The van der Waals surface area contributed by atoms with Crippen LogP contribution in [-0.4, -0.2) is 27.4 Å². The zero-order valence-corrected chi connectivity index (χ0v) is 16.1. The van der Waals surface area contributed by atoms with Gasteiger partial charge in [-0.15, -0.1) is 0 Å². The lowest BCUT2D eigenvalue weighted by Crippen LogP contribution is -2.33. The number of benzene rings is 2. The Morgan fingerprint density at radius 2 is 2.00 bits per heavy atom. The van der Waals surface area contributed by atoms with E-state index in [1.54, 1.807) is 17.0 Å². The zero-order chi connectivity index (χ0) is 19.4. The van der Waals surface area contributed by atoms with Gasteiger partial charge in [0, 0.05) is 16.8 Å². The summed E-state index contributed by atoms with van der Waals surface area (Å²) in [5.41, 5.74) is 3.19. The molecule has 142 valence electrons. The average molecular weight is 395 g/mol. The van der Waals surface area contributed by atoms with Crippen molar-refractivity contribution >= 4 is 46.1 Å². The summed E-state index contributed by atoms with van der Waals surface area (Å²) in [5, 5.41) is 3.50. The maximum atomic E-state index is 13.1. The number of aromatic nitrogens is 2. The van der Waals surface area contributed by atoms with Crippen molar-refractivity contribution in [1.29, 1.82) is 0 Å². The third kappa shape index (κ3) is 2.67. The normalized spacial score (nSPS) is 18.6. The van der Waals surface area contributed by atoms with Crippen LogP contribution in [0.1, 0.15) is 30.9 Å². The van der Waals surface area contributed by atoms with Crippen LogP contribution in [0.3, 0.4) is 0 Å². The molecule has 1 aliphatic carbocycles. The van der Waals surface area contributed by atoms with Gasteiger partial charge in [-0.1, -0.05) is 29.8 Å². The maximum absolute atomic E-state index is 13.1. The Morgan fingerprint density at radius 3 is 2.79 bits per heavy atom. The Hall–Kier alpha value is -2.86. The highest BCUT2D eigenvalue weighted by Gasteiger charge is 2.47. The van der Waals surface area contributed by atoms with Crippen LogP contribution in [0.4, 0.5) is 11.6 Å². The fourth-order valence-corrected chi connectivity index (χ4v) is 4.03. The van der Waals surface area contributed by atoms with Crippen molar-refractivity contribution in [1.82, 2.24) is 9.55 Å². The van der Waals surface area contributed by atoms with E-state index in [1.165, 1.54) is 0 Å². The molecule has 1 atom stereocenters. The molecule has 2 aliphatic rings. The molecule has 1 aromatic heterocycles. The maximum Gasteiger partial charge on any atom is 0.253 e. The van der Waals surface area contributed by atoms with Gasteiger partial charge in [0.2, 0.25) is 11.9 Å². The van der Waals surface area contributed by atoms with Gasteiger partial charge in [0.15, 0.2) is 0 Å². The quantitative estimate of drug-likeness (QED) is 0.725. The van der Waals surface area contributed by atoms with Crippen LogP contribution in [0.25, 0.3) is 11.0 Å². The summed E-state index contributed by atoms with van der Waals surface area (Å²) in [6.45, 7) is 1.86. The molecule has 2 aromatic carbocycles. The van der Waals surface area contributed by atoms with E-state index in [-0.39, 0.29) is 24.3 Å². The second-order valence-corrected chi connectivity index (χ2v) is 7.80. The van der Waals surface area contributed by atoms with Crippen molar-refractivity contribution in [2.75, 3.05) is 10.2 Å². The first-order chi connectivity index (χ1) is 13.5. The Bertz CT molecular complexity index is 1120. The number of nitrogens with one attached hydrogen (secondary N) is 1. The second-order valence-electron chi connectivity index (χ2n) is 7.39. The van der Waals surface area contributed by atoms with E-state index in [2.05, 4.69) is 10.3 Å². The predicted molar refractivity (Wildman–Crippen MR) is 109 cm³/mol. The van der Waals surface area contributed by atoms with Gasteiger partial charge in [0.1, 0.15) is 6.04 Å². The lowest BCUT2D eigenvalue weighted by Gasteiger charge is -2.15. The van der Waals surface area contributed by atoms with Crippen LogP contribution in [0.5, 0.6) is 0 Å². The molecule has 6 nitrogen and oxygen atoms in total. The average Bonchev–Trinajstić information content (AvgIpc) is 3.38. The Balaban J connectivity index is 1.47. The Morgan fingerprint density at radius 1 is 1.21 bits per heavy atom. The molecule has 28 heavy (non-hydrogen) atoms. The monoisotopic (exact) mass is 394 g/mol. The number of rotatable bonds is 4. The van der Waals surface area contributed by atoms with Gasteiger partial charge < -0.3 is 5.32 Å². The number of fused-ring (bicyclic) bond motifs is 3. The summed E-state index contributed by atoms with van der Waals surface area (Å²) in [5.74, 6) is 0.393. The molecular formula is C21H19ClN4O2. The van der Waals surface area contributed by atoms with Crippen molar-refractivity contribution in [2.45, 2.75) is 38.3 Å². The number of amides is 2. The van der Waals surface area contributed by atoms with Crippen LogP contribution in [-0.2, 0) is 9.59 Å². The molecule has 5 rings (SSSR count). The third-order valence-electron chi connectivity index (χ3n) is 5.46. The minimum Gasteiger partial charge on any atom is -0.326 e. The first-order valence-electron chi connectivity index (χ1n) is 9.39. The number of hydrogen-bond acceptors (Lipinski definition) is 3. The number of hydrogen-bond donors (Lipinski definition) is 1. The number of carbonyl (C=O) groups excluding carboxylic acids is 2. The number of anilines is 2. The lowest BCUT2D eigenvalue weighted by atomic mass is 10.1. The summed E-state index contributed by atoms with van der Waals surface area (Å²) in [7, 11) is 0. The number of carbonyl (C=O) groups is 2. The highest BCUT2D eigenvalue weighted by molar-refractivity contribution is 6.31. The molecule has 2 amide bonds. The van der Waals surface area contributed by atoms with E-state index in [9.17, 15) is 9.59 Å². The summed E-state index contributed by atoms with van der Waals surface area (Å²) >= 11 is 6.14. The molecule has 0 saturated heterocycles. The molecule has 3 aromatic rings. The van der Waals surface area contributed by atoms with Crippen molar-refractivity contribution in [3.05, 3.63) is 53.1 Å². The molecule has 0 spiro atoms. The van der Waals surface area contributed by atoms with Crippen molar-refractivity contribution in [3.63, 3.8) is 0 Å². The van der Waals surface area contributed by atoms with E-state index in [0.717, 1.165) is 29.4 Å². The fraction of sp³-hybridized carbons (Fsp3) is 0.286. The minimum atomic E-state index is -0.581. The first kappa shape index (κ1) is 17.3. The molecule has 1 aliphatic heterocycles. The van der Waals surface area contributed by atoms with E-state index in [0.29, 0.717) is 16.7 Å². The molecule has 1 fully saturated rings. The van der Waals surface area contributed by atoms with Gasteiger partial charge in [-0.05, 0) is 49.6 Å². The zero-order valence-electron chi connectivity index (χ0n) is 15.4. The summed E-state index contributed by atoms with van der Waals surface area (Å²) < 4.78 is 1.92. The van der Waals surface area contributed by atoms with E-state index in [1.807, 2.05) is 41.8 Å². The minimum absolute atomic E-state index is 0.0475. The number of para-hydroxylation sites is 2. The highest BCUT2D eigenvalue weighted by atomic mass is 35.5. The lowest BCUT2D eigenvalue weighted by molar-refractivity contribution is -0.124. The van der Waals surface area contributed by atoms with Crippen LogP contribution in [0.2, 0.25) is 5.02 Å². The molecule has 0 bridgehead atoms. The molecule has 7 heteroatoms. The summed E-state index contributed by atoms with van der Waals surface area (Å²) in [6.07, 6.45) is 2.02. The van der Waals surface area contributed by atoms with Crippen molar-refractivity contribution in [3.8, 4) is 0 Å². The van der Waals surface area contributed by atoms with Gasteiger partial charge in [-0.3, -0.25) is 19.1 Å². The smallest absolute Gasteiger partial charge is 0.253 e. The topological polar surface area (TPSA) is 67.2 Å². The number of imidazole rings is 1. The SMILES string of the molecule is Cc1c(Cl)cccc1NC(=O)C[C@@H]1C(=O)N(C2CC2)c2nc3ccccc3n21. The van der Waals surface area contributed by atoms with Gasteiger partial charge in [-0.25, -0.2) is 4.98 Å². The summed E-state index contributed by atoms with van der Waals surface area (Å²) in [6, 6.07) is 12.7. The molecule has 0 radical (unpaired) electrons. The third-order valence-corrected chi connectivity index (χ3v) is 5.87. The Labute approximate surface area is 167 Å². The molecule has 1 N–H and O–H groups in total. The van der Waals surface area contributed by atoms with Gasteiger partial charge in [-0.2, -0.15) is 0 Å². The van der Waals surface area contributed by atoms with Gasteiger partial charge in [0.05, 0.1) is 17.5 Å². The van der Waals surface area contributed by atoms with Crippen molar-refractivity contribution in [2.24, 2.45) is 0 Å². The molecule has 1 saturated carbocycles. The standard InChI is InChI=1S/C21H19ClN4O2/c1-12-14(22)5-4-7-15(12)23-19(27)11-18-20(28)25(13-9-10-13)21-24-16-6-2-3-8-17(16)26(18)21/h2-8,13,18H,9-11H2,1H3,(H,23,27)/t18-/m1/s1. The predicted octanol–water partition coefficient (Wildman–Crippen LogP) is 4.08. The van der Waals surface area contributed by atoms with Crippen LogP contribution < -0.4 is 10.2 Å². The van der Waals surface area contributed by atoms with Crippen LogP contribution >= 0.6 is 11.6 Å². The summed E-state index contributed by atoms with van der Waals surface area (Å²) in [4.78, 5) is 32.4. The van der Waals surface area contributed by atoms with Gasteiger partial charge in [0.25, 0.3) is 5.91 Å². The molecule has 2 heterocycles. The van der Waals surface area contributed by atoms with Crippen molar-refractivity contribution < 1.29 is 9.59 Å². The van der Waals surface area contributed by atoms with Gasteiger partial charge >= 0.3 is 0 Å². The molecule has 0 unspecified atom stereocenters. The first-order valence-corrected chi connectivity index (χ1v) is 9.77. The largest absolute Gasteiger partial charge is 0.326 e. The van der Waals surface area contributed by atoms with Crippen LogP contribution in [0.15, 0.2) is 42.5 Å². The van der Waals surface area contributed by atoms with E-state index in [4.69, 9.17) is 11.6 Å². The van der Waals surface area contributed by atoms with E-state index >= 15 is 0 Å². The number of halogens is 1. The Kier molecular flexibility index (Phi) is 3.91. The molecular weight excluding hydrogens is 376 g/mol. The van der Waals surface area contributed by atoms with E-state index < -0.39 is 6.04 Å². The number of nitrogens with zero attached hydrogens (tertiary/aromatic N) is 3. The fourth-order valence-electron chi connectivity index (χ4n) is 3.85.